The Morgan fingerprint density at radius 2 is 1.00 bits per heavy atom. The summed E-state index contributed by atoms with van der Waals surface area (Å²) >= 11 is 0. The van der Waals surface area contributed by atoms with Gasteiger partial charge in [-0.3, -0.25) is 0 Å². The molecular formula is C24H18O6. The Morgan fingerprint density at radius 3 is 1.37 bits per heavy atom. The van der Waals surface area contributed by atoms with Crippen LogP contribution in [0.4, 0.5) is 0 Å². The van der Waals surface area contributed by atoms with Gasteiger partial charge < -0.3 is 18.3 Å². The van der Waals surface area contributed by atoms with Gasteiger partial charge >= 0.3 is 11.3 Å². The van der Waals surface area contributed by atoms with Gasteiger partial charge in [-0.1, -0.05) is 24.3 Å². The van der Waals surface area contributed by atoms with E-state index in [4.69, 9.17) is 18.3 Å². The highest BCUT2D eigenvalue weighted by atomic mass is 16.5. The minimum Gasteiger partial charge on any atom is -0.493 e. The molecule has 0 radical (unpaired) electrons. The predicted octanol–water partition coefficient (Wildman–Crippen LogP) is 4.84. The summed E-state index contributed by atoms with van der Waals surface area (Å²) < 4.78 is 22.1. The maximum absolute atomic E-state index is 12.9. The normalized spacial score (nSPS) is 11.6. The molecule has 0 N–H and O–H groups in total. The molecule has 0 unspecified atom stereocenters. The largest absolute Gasteiger partial charge is 0.493 e. The average Bonchev–Trinajstić information content (AvgIpc) is 2.73. The molecule has 150 valence electrons. The first-order valence-electron chi connectivity index (χ1n) is 9.43. The molecular weight excluding hydrogens is 384 g/mol. The summed E-state index contributed by atoms with van der Waals surface area (Å²) in [6.45, 7) is 3.75. The standard InChI is InChI=1S/C24H18O6/c1-11-5-7-13-15-9-18-16(10-17(15)23(25)29-21(13)19(11)27-3)14-8-6-12(2)20(28-4)22(14)30-24(18)26/h5-10H,1-4H3. The fourth-order valence-electron chi connectivity index (χ4n) is 4.13. The number of rotatable bonds is 2. The lowest BCUT2D eigenvalue weighted by Crippen LogP contribution is -2.05. The third-order valence-electron chi connectivity index (χ3n) is 5.59. The van der Waals surface area contributed by atoms with E-state index in [-0.39, 0.29) is 0 Å². The van der Waals surface area contributed by atoms with Gasteiger partial charge in [-0.2, -0.15) is 0 Å². The topological polar surface area (TPSA) is 78.9 Å². The zero-order valence-corrected chi connectivity index (χ0v) is 16.9. The molecule has 2 aromatic heterocycles. The molecule has 5 rings (SSSR count). The van der Waals surface area contributed by atoms with Crippen LogP contribution in [0.1, 0.15) is 11.1 Å². The maximum atomic E-state index is 12.9. The minimum atomic E-state index is -0.497. The molecule has 3 aromatic carbocycles. The molecule has 0 bridgehead atoms. The minimum absolute atomic E-state index is 0.358. The molecule has 2 heterocycles. The monoisotopic (exact) mass is 402 g/mol. The number of ether oxygens (including phenoxy) is 2. The van der Waals surface area contributed by atoms with Gasteiger partial charge in [0.2, 0.25) is 0 Å². The van der Waals surface area contributed by atoms with Crippen LogP contribution in [0.2, 0.25) is 0 Å². The number of fused-ring (bicyclic) bond motifs is 6. The molecule has 6 nitrogen and oxygen atoms in total. The van der Waals surface area contributed by atoms with Gasteiger partial charge in [-0.25, -0.2) is 9.59 Å². The first kappa shape index (κ1) is 18.2. The first-order valence-corrected chi connectivity index (χ1v) is 9.43. The van der Waals surface area contributed by atoms with E-state index in [9.17, 15) is 9.59 Å². The van der Waals surface area contributed by atoms with E-state index in [0.717, 1.165) is 11.1 Å². The van der Waals surface area contributed by atoms with Gasteiger partial charge in [0.15, 0.2) is 22.7 Å². The second kappa shape index (κ2) is 6.35. The Bertz CT molecular complexity index is 1500. The van der Waals surface area contributed by atoms with E-state index < -0.39 is 11.3 Å². The number of benzene rings is 3. The van der Waals surface area contributed by atoms with E-state index in [2.05, 4.69) is 0 Å². The van der Waals surface area contributed by atoms with Gasteiger partial charge in [-0.15, -0.1) is 0 Å². The Kier molecular flexibility index (Phi) is 3.86. The van der Waals surface area contributed by atoms with E-state index in [0.29, 0.717) is 55.0 Å². The molecule has 30 heavy (non-hydrogen) atoms. The lowest BCUT2D eigenvalue weighted by atomic mass is 9.99. The van der Waals surface area contributed by atoms with Crippen molar-refractivity contribution in [2.24, 2.45) is 0 Å². The molecule has 0 saturated carbocycles. The van der Waals surface area contributed by atoms with Crippen LogP contribution in [0.3, 0.4) is 0 Å². The van der Waals surface area contributed by atoms with Crippen LogP contribution in [0.15, 0.2) is 54.8 Å². The van der Waals surface area contributed by atoms with E-state index in [1.54, 1.807) is 12.1 Å². The summed E-state index contributed by atoms with van der Waals surface area (Å²) in [6, 6.07) is 10.9. The van der Waals surface area contributed by atoms with Crippen LogP contribution < -0.4 is 20.7 Å². The zero-order chi connectivity index (χ0) is 21.2. The molecule has 0 spiro atoms. The second-order valence-corrected chi connectivity index (χ2v) is 7.31. The number of aryl methyl sites for hydroxylation is 2. The van der Waals surface area contributed by atoms with Crippen LogP contribution in [-0.4, -0.2) is 14.2 Å². The Labute approximate surface area is 170 Å². The van der Waals surface area contributed by atoms with Gasteiger partial charge in [-0.05, 0) is 37.1 Å². The number of methoxy groups -OCH3 is 2. The van der Waals surface area contributed by atoms with Crippen molar-refractivity contribution in [3.8, 4) is 11.5 Å². The summed E-state index contributed by atoms with van der Waals surface area (Å²) in [5.41, 5.74) is 1.42. The molecule has 0 fully saturated rings. The average molecular weight is 402 g/mol. The van der Waals surface area contributed by atoms with Crippen LogP contribution >= 0.6 is 0 Å². The van der Waals surface area contributed by atoms with Gasteiger partial charge in [0, 0.05) is 21.5 Å². The molecule has 0 aliphatic heterocycles. The van der Waals surface area contributed by atoms with Crippen molar-refractivity contribution in [2.45, 2.75) is 13.8 Å². The summed E-state index contributed by atoms with van der Waals surface area (Å²) in [4.78, 5) is 25.7. The maximum Gasteiger partial charge on any atom is 0.344 e. The van der Waals surface area contributed by atoms with E-state index in [1.807, 2.05) is 38.1 Å². The molecule has 0 aliphatic rings. The summed E-state index contributed by atoms with van der Waals surface area (Å²) in [5.74, 6) is 0.995. The highest BCUT2D eigenvalue weighted by Gasteiger charge is 2.18. The fourth-order valence-corrected chi connectivity index (χ4v) is 4.13. The van der Waals surface area contributed by atoms with E-state index >= 15 is 0 Å². The van der Waals surface area contributed by atoms with Crippen LogP contribution in [0, 0.1) is 13.8 Å². The zero-order valence-electron chi connectivity index (χ0n) is 16.9. The summed E-state index contributed by atoms with van der Waals surface area (Å²) in [5, 5.41) is 3.36. The lowest BCUT2D eigenvalue weighted by Gasteiger charge is -2.12. The molecule has 0 atom stereocenters. The number of hydrogen-bond acceptors (Lipinski definition) is 6. The quantitative estimate of drug-likeness (QED) is 0.239. The van der Waals surface area contributed by atoms with Crippen LogP contribution in [0.5, 0.6) is 11.5 Å². The van der Waals surface area contributed by atoms with Crippen molar-refractivity contribution in [1.82, 2.24) is 0 Å². The Balaban J connectivity index is 2.03. The smallest absolute Gasteiger partial charge is 0.344 e. The summed E-state index contributed by atoms with van der Waals surface area (Å²) in [6.07, 6.45) is 0. The first-order chi connectivity index (χ1) is 14.4. The van der Waals surface area contributed by atoms with Gasteiger partial charge in [0.1, 0.15) is 0 Å². The van der Waals surface area contributed by atoms with Crippen molar-refractivity contribution in [3.63, 3.8) is 0 Å². The molecule has 0 aliphatic carbocycles. The van der Waals surface area contributed by atoms with Crippen molar-refractivity contribution in [1.29, 1.82) is 0 Å². The molecule has 6 heteroatoms. The van der Waals surface area contributed by atoms with Crippen molar-refractivity contribution < 1.29 is 18.3 Å². The number of hydrogen-bond donors (Lipinski definition) is 0. The Morgan fingerprint density at radius 1 is 0.600 bits per heavy atom. The Hall–Kier alpha value is -3.80. The third-order valence-corrected chi connectivity index (χ3v) is 5.59. The highest BCUT2D eigenvalue weighted by Crippen LogP contribution is 2.37. The lowest BCUT2D eigenvalue weighted by molar-refractivity contribution is 0.404. The van der Waals surface area contributed by atoms with Crippen molar-refractivity contribution in [3.05, 3.63) is 68.4 Å². The molecule has 0 saturated heterocycles. The van der Waals surface area contributed by atoms with Crippen molar-refractivity contribution >= 4 is 43.5 Å². The SMILES string of the molecule is COc1c(C)ccc2c1oc(=O)c1cc3c(cc12)c(=O)oc1c(OC)c(C)ccc13. The molecule has 0 amide bonds. The second-order valence-electron chi connectivity index (χ2n) is 7.31. The molecule has 5 aromatic rings. The van der Waals surface area contributed by atoms with E-state index in [1.165, 1.54) is 14.2 Å². The highest BCUT2D eigenvalue weighted by molar-refractivity contribution is 6.15. The van der Waals surface area contributed by atoms with Gasteiger partial charge in [0.05, 0.1) is 25.0 Å². The van der Waals surface area contributed by atoms with Crippen molar-refractivity contribution in [2.75, 3.05) is 14.2 Å². The third kappa shape index (κ3) is 2.37. The van der Waals surface area contributed by atoms with Crippen LogP contribution in [0.25, 0.3) is 43.5 Å². The predicted molar refractivity (Wildman–Crippen MR) is 116 cm³/mol. The fraction of sp³-hybridized carbons (Fsp3) is 0.167. The van der Waals surface area contributed by atoms with Gasteiger partial charge in [0.25, 0.3) is 0 Å². The van der Waals surface area contributed by atoms with Crippen LogP contribution in [-0.2, 0) is 0 Å². The summed E-state index contributed by atoms with van der Waals surface area (Å²) in [7, 11) is 3.06.